The van der Waals surface area contributed by atoms with Gasteiger partial charge in [0.1, 0.15) is 6.10 Å². The number of ether oxygens (including phenoxy) is 1. The predicted octanol–water partition coefficient (Wildman–Crippen LogP) is 2.81. The number of hydrogen-bond donors (Lipinski definition) is 1. The van der Waals surface area contributed by atoms with Gasteiger partial charge in [0.05, 0.1) is 11.4 Å². The van der Waals surface area contributed by atoms with Crippen LogP contribution < -0.4 is 10.2 Å². The molecule has 1 aromatic carbocycles. The van der Waals surface area contributed by atoms with Gasteiger partial charge in [-0.25, -0.2) is 0 Å². The maximum atomic E-state index is 12.2. The Kier molecular flexibility index (Phi) is 5.55. The van der Waals surface area contributed by atoms with Crippen molar-refractivity contribution < 1.29 is 14.3 Å². The Labute approximate surface area is 131 Å². The van der Waals surface area contributed by atoms with Crippen molar-refractivity contribution in [3.63, 3.8) is 0 Å². The van der Waals surface area contributed by atoms with Crippen molar-refractivity contribution in [2.24, 2.45) is 5.92 Å². The fraction of sp³-hybridized carbons (Fsp3) is 0.529. The number of anilines is 2. The van der Waals surface area contributed by atoms with E-state index in [1.165, 1.54) is 0 Å². The molecule has 0 spiro atoms. The smallest absolute Gasteiger partial charge is 0.253 e. The first kappa shape index (κ1) is 16.5. The molecule has 1 N–H and O–H groups in total. The number of nitrogens with zero attached hydrogens (tertiary/aromatic N) is 1. The molecule has 0 radical (unpaired) electrons. The zero-order valence-corrected chi connectivity index (χ0v) is 13.5. The van der Waals surface area contributed by atoms with Crippen molar-refractivity contribution in [2.45, 2.75) is 39.7 Å². The summed E-state index contributed by atoms with van der Waals surface area (Å²) in [6.45, 7) is 7.06. The van der Waals surface area contributed by atoms with E-state index in [1.807, 2.05) is 38.1 Å². The van der Waals surface area contributed by atoms with Crippen molar-refractivity contribution >= 4 is 23.2 Å². The van der Waals surface area contributed by atoms with Crippen LogP contribution >= 0.6 is 0 Å². The zero-order valence-electron chi connectivity index (χ0n) is 13.5. The van der Waals surface area contributed by atoms with Gasteiger partial charge in [0.25, 0.3) is 5.91 Å². The molecule has 5 nitrogen and oxygen atoms in total. The summed E-state index contributed by atoms with van der Waals surface area (Å²) in [6, 6.07) is 7.39. The summed E-state index contributed by atoms with van der Waals surface area (Å²) in [4.78, 5) is 25.9. The van der Waals surface area contributed by atoms with Crippen LogP contribution in [0.25, 0.3) is 0 Å². The minimum atomic E-state index is -0.523. The van der Waals surface area contributed by atoms with Gasteiger partial charge in [0.2, 0.25) is 5.91 Å². The van der Waals surface area contributed by atoms with Crippen molar-refractivity contribution in [1.82, 2.24) is 0 Å². The Bertz CT molecular complexity index is 542. The fourth-order valence-corrected chi connectivity index (χ4v) is 2.36. The molecule has 1 fully saturated rings. The lowest BCUT2D eigenvalue weighted by Gasteiger charge is -2.21. The molecule has 2 rings (SSSR count). The van der Waals surface area contributed by atoms with Crippen LogP contribution in [0.3, 0.4) is 0 Å². The zero-order chi connectivity index (χ0) is 16.1. The third-order valence-electron chi connectivity index (χ3n) is 3.57. The Morgan fingerprint density at radius 3 is 2.68 bits per heavy atom. The summed E-state index contributed by atoms with van der Waals surface area (Å²) >= 11 is 0. The molecule has 0 aliphatic carbocycles. The van der Waals surface area contributed by atoms with Crippen LogP contribution in [0.2, 0.25) is 0 Å². The molecule has 2 amide bonds. The van der Waals surface area contributed by atoms with Gasteiger partial charge in [-0.1, -0.05) is 26.0 Å². The highest BCUT2D eigenvalue weighted by Crippen LogP contribution is 2.29. The third-order valence-corrected chi connectivity index (χ3v) is 3.57. The Balaban J connectivity index is 2.06. The fourth-order valence-electron chi connectivity index (χ4n) is 2.36. The van der Waals surface area contributed by atoms with E-state index in [1.54, 1.807) is 11.8 Å². The Morgan fingerprint density at radius 1 is 1.32 bits per heavy atom. The molecule has 22 heavy (non-hydrogen) atoms. The normalized spacial score (nSPS) is 16.2. The molecule has 0 bridgehead atoms. The largest absolute Gasteiger partial charge is 0.368 e. The van der Waals surface area contributed by atoms with E-state index in [-0.39, 0.29) is 11.8 Å². The van der Waals surface area contributed by atoms with E-state index < -0.39 is 6.10 Å². The predicted molar refractivity (Wildman–Crippen MR) is 86.9 cm³/mol. The quantitative estimate of drug-likeness (QED) is 0.879. The molecule has 120 valence electrons. The number of hydrogen-bond acceptors (Lipinski definition) is 3. The summed E-state index contributed by atoms with van der Waals surface area (Å²) in [5.74, 6) is 0.287. The molecule has 0 aromatic heterocycles. The molecule has 1 atom stereocenters. The summed E-state index contributed by atoms with van der Waals surface area (Å²) in [7, 11) is 0. The molecule has 1 saturated heterocycles. The van der Waals surface area contributed by atoms with Gasteiger partial charge in [-0.3, -0.25) is 9.59 Å². The minimum absolute atomic E-state index is 0.103. The third kappa shape index (κ3) is 4.07. The first-order chi connectivity index (χ1) is 10.5. The van der Waals surface area contributed by atoms with E-state index in [9.17, 15) is 9.59 Å². The SMILES string of the molecule is CC(C)CO[C@@H](C)C(=O)Nc1ccccc1N1CCCC1=O. The van der Waals surface area contributed by atoms with Gasteiger partial charge in [-0.15, -0.1) is 0 Å². The van der Waals surface area contributed by atoms with E-state index in [4.69, 9.17) is 4.74 Å². The average Bonchev–Trinajstić information content (AvgIpc) is 2.91. The molecule has 0 unspecified atom stereocenters. The van der Waals surface area contributed by atoms with Crippen molar-refractivity contribution in [2.75, 3.05) is 23.4 Å². The lowest BCUT2D eigenvalue weighted by atomic mass is 10.2. The Morgan fingerprint density at radius 2 is 2.05 bits per heavy atom. The van der Waals surface area contributed by atoms with Gasteiger partial charge in [0.15, 0.2) is 0 Å². The van der Waals surface area contributed by atoms with Gasteiger partial charge >= 0.3 is 0 Å². The maximum absolute atomic E-state index is 12.2. The lowest BCUT2D eigenvalue weighted by Crippen LogP contribution is -2.30. The molecule has 1 aliphatic rings. The molecule has 0 saturated carbocycles. The first-order valence-corrected chi connectivity index (χ1v) is 7.81. The maximum Gasteiger partial charge on any atom is 0.253 e. The second-order valence-corrected chi connectivity index (χ2v) is 6.02. The Hall–Kier alpha value is -1.88. The number of amides is 2. The monoisotopic (exact) mass is 304 g/mol. The summed E-state index contributed by atoms with van der Waals surface area (Å²) in [6.07, 6.45) is 0.898. The van der Waals surface area contributed by atoms with Crippen molar-refractivity contribution in [1.29, 1.82) is 0 Å². The van der Waals surface area contributed by atoms with E-state index in [0.29, 0.717) is 31.2 Å². The molecule has 1 aromatic rings. The molecular formula is C17H24N2O3. The van der Waals surface area contributed by atoms with Gasteiger partial charge in [0, 0.05) is 19.6 Å². The van der Waals surface area contributed by atoms with Crippen LogP contribution in [-0.4, -0.2) is 31.1 Å². The van der Waals surface area contributed by atoms with Crippen molar-refractivity contribution in [3.8, 4) is 0 Å². The molecule has 5 heteroatoms. The van der Waals surface area contributed by atoms with E-state index >= 15 is 0 Å². The standard InChI is InChI=1S/C17H24N2O3/c1-12(2)11-22-13(3)17(21)18-14-7-4-5-8-15(14)19-10-6-9-16(19)20/h4-5,7-8,12-13H,6,9-11H2,1-3H3,(H,18,21)/t13-/m0/s1. The second kappa shape index (κ2) is 7.40. The van der Waals surface area contributed by atoms with Gasteiger partial charge in [-0.05, 0) is 31.4 Å². The summed E-state index contributed by atoms with van der Waals surface area (Å²) in [5, 5.41) is 2.87. The van der Waals surface area contributed by atoms with Crippen LogP contribution in [0.5, 0.6) is 0 Å². The number of rotatable bonds is 6. The summed E-state index contributed by atoms with van der Waals surface area (Å²) in [5.41, 5.74) is 1.41. The number of benzene rings is 1. The second-order valence-electron chi connectivity index (χ2n) is 6.02. The van der Waals surface area contributed by atoms with E-state index in [2.05, 4.69) is 5.32 Å². The highest BCUT2D eigenvalue weighted by Gasteiger charge is 2.24. The topological polar surface area (TPSA) is 58.6 Å². The molecule has 1 heterocycles. The number of para-hydroxylation sites is 2. The van der Waals surface area contributed by atoms with Gasteiger partial charge in [-0.2, -0.15) is 0 Å². The minimum Gasteiger partial charge on any atom is -0.368 e. The number of carbonyl (C=O) groups is 2. The van der Waals surface area contributed by atoms with E-state index in [0.717, 1.165) is 12.1 Å². The lowest BCUT2D eigenvalue weighted by molar-refractivity contribution is -0.127. The van der Waals surface area contributed by atoms with Gasteiger partial charge < -0.3 is 15.0 Å². The number of carbonyl (C=O) groups excluding carboxylic acids is 2. The molecular weight excluding hydrogens is 280 g/mol. The van der Waals surface area contributed by atoms with Crippen LogP contribution in [0.1, 0.15) is 33.6 Å². The highest BCUT2D eigenvalue weighted by molar-refractivity contribution is 6.02. The summed E-state index contributed by atoms with van der Waals surface area (Å²) < 4.78 is 5.53. The molecule has 1 aliphatic heterocycles. The average molecular weight is 304 g/mol. The highest BCUT2D eigenvalue weighted by atomic mass is 16.5. The van der Waals surface area contributed by atoms with Crippen LogP contribution in [-0.2, 0) is 14.3 Å². The van der Waals surface area contributed by atoms with Crippen LogP contribution in [0, 0.1) is 5.92 Å². The first-order valence-electron chi connectivity index (χ1n) is 7.81. The number of nitrogens with one attached hydrogen (secondary N) is 1. The van der Waals surface area contributed by atoms with Crippen LogP contribution in [0.15, 0.2) is 24.3 Å². The van der Waals surface area contributed by atoms with Crippen molar-refractivity contribution in [3.05, 3.63) is 24.3 Å². The van der Waals surface area contributed by atoms with Crippen LogP contribution in [0.4, 0.5) is 11.4 Å².